The molecule has 3 heterocycles. The summed E-state index contributed by atoms with van der Waals surface area (Å²) >= 11 is 10.4. The Morgan fingerprint density at radius 3 is 2.79 bits per heavy atom. The van der Waals surface area contributed by atoms with Crippen molar-refractivity contribution in [2.75, 3.05) is 30.1 Å². The van der Waals surface area contributed by atoms with Gasteiger partial charge in [-0.15, -0.1) is 5.10 Å². The van der Waals surface area contributed by atoms with Crippen molar-refractivity contribution in [3.05, 3.63) is 70.9 Å². The third-order valence-corrected chi connectivity index (χ3v) is 7.80. The van der Waals surface area contributed by atoms with E-state index in [4.69, 9.17) is 21.1 Å². The molecule has 5 rings (SSSR count). The Hall–Kier alpha value is -5.40. The third kappa shape index (κ3) is 8.30. The second kappa shape index (κ2) is 15.9. The van der Waals surface area contributed by atoms with Gasteiger partial charge in [0.2, 0.25) is 5.91 Å². The number of aromatic amines is 1. The Morgan fingerprint density at radius 2 is 2.04 bits per heavy atom. The molecule has 48 heavy (non-hydrogen) atoms. The number of H-pyrrole nitrogens is 1. The first-order valence-corrected chi connectivity index (χ1v) is 15.9. The van der Waals surface area contributed by atoms with Crippen LogP contribution in [0.25, 0.3) is 23.0 Å². The zero-order chi connectivity index (χ0) is 34.0. The maximum Gasteiger partial charge on any atom is 0.411 e. The first-order chi connectivity index (χ1) is 23.3. The molecule has 4 N–H and O–H groups in total. The smallest absolute Gasteiger partial charge is 0.411 e. The second-order valence-electron chi connectivity index (χ2n) is 10.6. The van der Waals surface area contributed by atoms with Crippen molar-refractivity contribution in [2.45, 2.75) is 37.8 Å². The molecule has 1 aliphatic heterocycles. The van der Waals surface area contributed by atoms with Crippen LogP contribution < -0.4 is 16.0 Å². The van der Waals surface area contributed by atoms with Crippen LogP contribution in [-0.4, -0.2) is 73.7 Å². The van der Waals surface area contributed by atoms with E-state index >= 15 is 0 Å². The molecule has 0 fully saturated rings. The number of tetrazole rings is 1. The lowest BCUT2D eigenvalue weighted by Gasteiger charge is -2.22. The molecule has 0 unspecified atom stereocenters. The number of anilines is 2. The molecule has 0 spiro atoms. The van der Waals surface area contributed by atoms with E-state index in [0.29, 0.717) is 76.2 Å². The maximum atomic E-state index is 13.3. The van der Waals surface area contributed by atoms with Crippen LogP contribution in [0.2, 0.25) is 5.02 Å². The van der Waals surface area contributed by atoms with Gasteiger partial charge in [-0.3, -0.25) is 10.1 Å². The van der Waals surface area contributed by atoms with E-state index in [-0.39, 0.29) is 12.3 Å². The van der Waals surface area contributed by atoms with E-state index < -0.39 is 30.1 Å². The highest BCUT2D eigenvalue weighted by Crippen LogP contribution is 2.35. The lowest BCUT2D eigenvalue weighted by atomic mass is 10.0. The molecule has 2 amide bonds. The van der Waals surface area contributed by atoms with Gasteiger partial charge in [0.1, 0.15) is 30.9 Å². The molecule has 0 aliphatic carbocycles. The van der Waals surface area contributed by atoms with Crippen LogP contribution in [0, 0.1) is 11.3 Å². The van der Waals surface area contributed by atoms with Gasteiger partial charge < -0.3 is 25.1 Å². The number of benzene rings is 2. The van der Waals surface area contributed by atoms with Crippen LogP contribution in [0.4, 0.5) is 16.2 Å². The minimum absolute atomic E-state index is 0.0787. The summed E-state index contributed by atoms with van der Waals surface area (Å²) in [7, 11) is 1.25. The molecule has 248 valence electrons. The Kier molecular flexibility index (Phi) is 11.3. The molecular weight excluding hydrogens is 660 g/mol. The highest BCUT2D eigenvalue weighted by Gasteiger charge is 2.27. The van der Waals surface area contributed by atoms with Crippen molar-refractivity contribution < 1.29 is 23.9 Å². The van der Waals surface area contributed by atoms with Gasteiger partial charge in [0, 0.05) is 39.4 Å². The highest BCUT2D eigenvalue weighted by molar-refractivity contribution is 7.80. The molecular formula is C31H31ClN10O5S. The SMILES string of the molecule is COC(=O)Nc1ccc2c(c1)N[C@@H](C(=O)OCCS)CCCC[C@H](NC(=O)/C=C/c1cc(Cl)ccc1-n1cnnn1)c1nc(C#N)c-2[nH]1. The van der Waals surface area contributed by atoms with Crippen LogP contribution in [0.3, 0.4) is 0 Å². The van der Waals surface area contributed by atoms with E-state index in [1.165, 1.54) is 24.2 Å². The molecule has 2 bridgehead atoms. The van der Waals surface area contributed by atoms with Gasteiger partial charge in [0.15, 0.2) is 5.69 Å². The number of nitrogens with one attached hydrogen (secondary N) is 4. The number of nitrogens with zero attached hydrogens (tertiary/aromatic N) is 6. The van der Waals surface area contributed by atoms with E-state index in [9.17, 15) is 19.6 Å². The largest absolute Gasteiger partial charge is 0.463 e. The fraction of sp³-hybridized carbons (Fsp3) is 0.290. The number of halogens is 1. The first-order valence-electron chi connectivity index (χ1n) is 14.8. The molecule has 2 atom stereocenters. The standard InChI is InChI=1S/C31H31ClN10O5S/c1-46-31(45)35-20-8-9-21-24(15-20)36-23(30(44)47-12-13-48)5-3-2-4-22(29-38-25(16-33)28(21)39-29)37-27(43)11-6-18-14-19(32)7-10-26(18)42-17-34-40-41-42/h6-11,14-15,17,22-23,36,48H,2-5,12-13H2,1H3,(H,35,45)(H,37,43)(H,38,39)/b11-6+/t22-,23+/m0/s1. The number of aromatic nitrogens is 6. The van der Waals surface area contributed by atoms with Crippen LogP contribution >= 0.6 is 24.2 Å². The number of methoxy groups -OCH3 is 1. The molecule has 1 aliphatic rings. The number of carbonyl (C=O) groups is 3. The van der Waals surface area contributed by atoms with Crippen molar-refractivity contribution >= 4 is 59.7 Å². The van der Waals surface area contributed by atoms with Gasteiger partial charge in [0.25, 0.3) is 0 Å². The van der Waals surface area contributed by atoms with Crippen molar-refractivity contribution in [2.24, 2.45) is 0 Å². The van der Waals surface area contributed by atoms with E-state index in [2.05, 4.69) is 60.1 Å². The zero-order valence-electron chi connectivity index (χ0n) is 25.6. The monoisotopic (exact) mass is 690 g/mol. The van der Waals surface area contributed by atoms with Crippen molar-refractivity contribution in [3.63, 3.8) is 0 Å². The molecule has 15 nitrogen and oxygen atoms in total. The topological polar surface area (TPSA) is 202 Å². The van der Waals surface area contributed by atoms with Crippen LogP contribution in [0.1, 0.15) is 48.8 Å². The van der Waals surface area contributed by atoms with Crippen molar-refractivity contribution in [1.29, 1.82) is 5.26 Å². The molecule has 2 aromatic heterocycles. The second-order valence-corrected chi connectivity index (χ2v) is 11.4. The van der Waals surface area contributed by atoms with Crippen molar-refractivity contribution in [1.82, 2.24) is 35.5 Å². The average molecular weight is 691 g/mol. The van der Waals surface area contributed by atoms with E-state index in [0.717, 1.165) is 0 Å². The number of thiol groups is 1. The fourth-order valence-electron chi connectivity index (χ4n) is 5.14. The summed E-state index contributed by atoms with van der Waals surface area (Å²) in [5, 5.41) is 30.6. The number of esters is 1. The predicted octanol–water partition coefficient (Wildman–Crippen LogP) is 4.45. The minimum atomic E-state index is -0.757. The molecule has 0 radical (unpaired) electrons. The van der Waals surface area contributed by atoms with Crippen molar-refractivity contribution in [3.8, 4) is 23.0 Å². The lowest BCUT2D eigenvalue weighted by molar-refractivity contribution is -0.144. The number of ether oxygens (including phenoxy) is 2. The minimum Gasteiger partial charge on any atom is -0.463 e. The Morgan fingerprint density at radius 1 is 1.21 bits per heavy atom. The summed E-state index contributed by atoms with van der Waals surface area (Å²) in [6.45, 7) is 0.132. The van der Waals surface area contributed by atoms with Gasteiger partial charge in [-0.1, -0.05) is 24.4 Å². The Bertz CT molecular complexity index is 1860. The first kappa shape index (κ1) is 33.9. The predicted molar refractivity (Wildman–Crippen MR) is 180 cm³/mol. The van der Waals surface area contributed by atoms with E-state index in [1.54, 1.807) is 42.5 Å². The number of hydrogen-bond acceptors (Lipinski definition) is 12. The quantitative estimate of drug-likeness (QED) is 0.0993. The van der Waals surface area contributed by atoms with Gasteiger partial charge in [-0.2, -0.15) is 22.6 Å². The zero-order valence-corrected chi connectivity index (χ0v) is 27.3. The maximum absolute atomic E-state index is 13.3. The van der Waals surface area contributed by atoms with Gasteiger partial charge in [-0.25, -0.2) is 14.6 Å². The number of fused-ring (bicyclic) bond motifs is 4. The van der Waals surface area contributed by atoms with Crippen LogP contribution in [0.5, 0.6) is 0 Å². The van der Waals surface area contributed by atoms with Crippen LogP contribution in [0.15, 0.2) is 48.8 Å². The molecule has 17 heteroatoms. The normalized spacial score (nSPS) is 16.0. The Labute approximate surface area is 285 Å². The average Bonchev–Trinajstić information content (AvgIpc) is 3.77. The number of nitriles is 1. The molecule has 0 saturated carbocycles. The molecule has 4 aromatic rings. The van der Waals surface area contributed by atoms with Crippen LogP contribution in [-0.2, 0) is 19.1 Å². The summed E-state index contributed by atoms with van der Waals surface area (Å²) in [6.07, 6.45) is 5.76. The highest BCUT2D eigenvalue weighted by atomic mass is 35.5. The summed E-state index contributed by atoms with van der Waals surface area (Å²) in [4.78, 5) is 46.1. The molecule has 2 aromatic carbocycles. The Balaban J connectivity index is 1.48. The summed E-state index contributed by atoms with van der Waals surface area (Å²) < 4.78 is 11.6. The number of imidazole rings is 1. The fourth-order valence-corrected chi connectivity index (χ4v) is 5.41. The number of hydrogen-bond donors (Lipinski definition) is 5. The van der Waals surface area contributed by atoms with Gasteiger partial charge >= 0.3 is 12.1 Å². The third-order valence-electron chi connectivity index (χ3n) is 7.38. The number of rotatable bonds is 8. The molecule has 0 saturated heterocycles. The number of amides is 2. The van der Waals surface area contributed by atoms with Gasteiger partial charge in [-0.05, 0) is 65.7 Å². The lowest BCUT2D eigenvalue weighted by Crippen LogP contribution is -2.32. The summed E-state index contributed by atoms with van der Waals surface area (Å²) in [5.41, 5.74) is 3.00. The summed E-state index contributed by atoms with van der Waals surface area (Å²) in [5.74, 6) is -0.147. The summed E-state index contributed by atoms with van der Waals surface area (Å²) in [6, 6.07) is 10.8. The number of carbonyl (C=O) groups excluding carboxylic acids is 3. The van der Waals surface area contributed by atoms with E-state index in [1.807, 2.05) is 0 Å². The van der Waals surface area contributed by atoms with Gasteiger partial charge in [0.05, 0.1) is 24.5 Å².